The van der Waals surface area contributed by atoms with Crippen LogP contribution in [0.3, 0.4) is 0 Å². The number of nitrogens with zero attached hydrogens (tertiary/aromatic N) is 2. The molecule has 0 N–H and O–H groups in total. The summed E-state index contributed by atoms with van der Waals surface area (Å²) in [6, 6.07) is 39.1. The van der Waals surface area contributed by atoms with Crippen molar-refractivity contribution in [2.45, 2.75) is 38.5 Å². The molecule has 5 heterocycles. The van der Waals surface area contributed by atoms with Gasteiger partial charge in [-0.25, -0.2) is 0 Å². The summed E-state index contributed by atoms with van der Waals surface area (Å²) in [6.45, 7) is 6.14. The minimum Gasteiger partial charge on any atom is -0.302 e. The second-order valence-electron chi connectivity index (χ2n) is 13.2. The smallest absolute Gasteiger partial charge is 0.0781 e. The highest BCUT2D eigenvalue weighted by molar-refractivity contribution is 7.13. The highest BCUT2D eigenvalue weighted by Gasteiger charge is 2.11. The summed E-state index contributed by atoms with van der Waals surface area (Å²) in [5, 5.41) is 0. The highest BCUT2D eigenvalue weighted by atomic mass is 32.1. The molecule has 1 aliphatic rings. The predicted molar refractivity (Wildman–Crippen MR) is 233 cm³/mol. The first kappa shape index (κ1) is 37.7. The third-order valence-electron chi connectivity index (χ3n) is 9.33. The molecule has 2 nitrogen and oxygen atoms in total. The lowest BCUT2D eigenvalue weighted by Gasteiger charge is -2.22. The van der Waals surface area contributed by atoms with Gasteiger partial charge in [-0.2, -0.15) is 0 Å². The molecule has 54 heavy (non-hydrogen) atoms. The molecule has 0 saturated carbocycles. The molecule has 0 saturated heterocycles. The Bertz CT molecular complexity index is 2050. The molecular weight excluding hydrogens is 733 g/mol. The van der Waals surface area contributed by atoms with Gasteiger partial charge in [0.1, 0.15) is 0 Å². The molecule has 4 aromatic heterocycles. The maximum atomic E-state index is 3.30. The number of hydrogen-bond donors (Lipinski definition) is 0. The number of fused-ring (bicyclic) bond motifs is 8. The van der Waals surface area contributed by atoms with Gasteiger partial charge in [-0.3, -0.25) is 0 Å². The third-order valence-corrected chi connectivity index (χ3v) is 13.6. The van der Waals surface area contributed by atoms with E-state index in [4.69, 9.17) is 0 Å². The first-order chi connectivity index (χ1) is 26.7. The Hall–Kier alpha value is -4.60. The van der Waals surface area contributed by atoms with E-state index in [1.165, 1.54) is 30.6 Å². The molecule has 7 rings (SSSR count). The van der Waals surface area contributed by atoms with Gasteiger partial charge in [0.25, 0.3) is 0 Å². The Balaban J connectivity index is 1.06. The number of thiophene rings is 4. The summed E-state index contributed by atoms with van der Waals surface area (Å²) in [5.74, 6) is 25.7. The Morgan fingerprint density at radius 1 is 0.370 bits per heavy atom. The average Bonchev–Trinajstić information content (AvgIpc) is 4.04. The zero-order chi connectivity index (χ0) is 36.6. The SMILES string of the molecule is C1#Cc2ccc(s2)CCN(CCc2ccccc2)CCc2ccc(s2)C#CC#Cc2ccc(s2)CCN(CCc2ccccc2)CCc2ccc(s2)C#C1. The monoisotopic (exact) mass is 774 g/mol. The van der Waals surface area contributed by atoms with E-state index in [9.17, 15) is 0 Å². The summed E-state index contributed by atoms with van der Waals surface area (Å²) in [6.07, 6.45) is 6.15. The quantitative estimate of drug-likeness (QED) is 0.156. The molecule has 0 radical (unpaired) electrons. The van der Waals surface area contributed by atoms with Crippen LogP contribution in [0.2, 0.25) is 0 Å². The van der Waals surface area contributed by atoms with Crippen LogP contribution in [-0.2, 0) is 38.5 Å². The highest BCUT2D eigenvalue weighted by Crippen LogP contribution is 2.21. The minimum absolute atomic E-state index is 1.01. The molecule has 6 aromatic rings. The number of hydrogen-bond acceptors (Lipinski definition) is 6. The maximum absolute atomic E-state index is 3.30. The van der Waals surface area contributed by atoms with E-state index in [2.05, 4.69) is 166 Å². The molecule has 0 fully saturated rings. The van der Waals surface area contributed by atoms with Gasteiger partial charge in [-0.05, 0) is 146 Å². The first-order valence-corrected chi connectivity index (χ1v) is 21.9. The van der Waals surface area contributed by atoms with Crippen molar-refractivity contribution in [3.8, 4) is 47.4 Å². The molecule has 1 aliphatic heterocycles. The molecule has 268 valence electrons. The van der Waals surface area contributed by atoms with Crippen molar-refractivity contribution in [3.05, 3.63) is 159 Å². The van der Waals surface area contributed by atoms with Gasteiger partial charge >= 0.3 is 0 Å². The molecule has 0 amide bonds. The van der Waals surface area contributed by atoms with Gasteiger partial charge in [0.15, 0.2) is 0 Å². The molecular formula is C48H42N2S4. The van der Waals surface area contributed by atoms with Gasteiger partial charge < -0.3 is 9.80 Å². The minimum atomic E-state index is 1.01. The van der Waals surface area contributed by atoms with E-state index in [0.717, 1.165) is 97.3 Å². The van der Waals surface area contributed by atoms with Crippen molar-refractivity contribution >= 4 is 45.3 Å². The molecule has 2 aromatic carbocycles. The third kappa shape index (κ3) is 12.2. The lowest BCUT2D eigenvalue weighted by atomic mass is 10.1. The van der Waals surface area contributed by atoms with Crippen molar-refractivity contribution in [1.82, 2.24) is 9.80 Å². The van der Waals surface area contributed by atoms with Crippen LogP contribution in [0.15, 0.2) is 109 Å². The van der Waals surface area contributed by atoms with Crippen LogP contribution in [0.4, 0.5) is 0 Å². The zero-order valence-electron chi connectivity index (χ0n) is 30.4. The fourth-order valence-electron chi connectivity index (χ4n) is 6.30. The Morgan fingerprint density at radius 2 is 0.667 bits per heavy atom. The van der Waals surface area contributed by atoms with Crippen LogP contribution in [0.25, 0.3) is 0 Å². The summed E-state index contributed by atoms with van der Waals surface area (Å²) < 4.78 is 0. The van der Waals surface area contributed by atoms with Crippen LogP contribution in [-0.4, -0.2) is 49.1 Å². The summed E-state index contributed by atoms with van der Waals surface area (Å²) in [5.41, 5.74) is 2.77. The van der Waals surface area contributed by atoms with Gasteiger partial charge in [-0.15, -0.1) is 45.3 Å². The zero-order valence-corrected chi connectivity index (χ0v) is 33.7. The van der Waals surface area contributed by atoms with E-state index >= 15 is 0 Å². The van der Waals surface area contributed by atoms with Crippen LogP contribution < -0.4 is 0 Å². The molecule has 0 atom stereocenters. The summed E-state index contributed by atoms with van der Waals surface area (Å²) in [4.78, 5) is 15.0. The Morgan fingerprint density at radius 3 is 0.963 bits per heavy atom. The first-order valence-electron chi connectivity index (χ1n) is 18.6. The summed E-state index contributed by atoms with van der Waals surface area (Å²) >= 11 is 7.16. The largest absolute Gasteiger partial charge is 0.302 e. The standard InChI is InChI=1S/C48H42N2S4/c1-3-11-39(12-4-1)27-33-49-35-29-45-23-19-41(51-45)15-7-9-17-43-21-25-47(53-43)31-37-50(34-28-40-13-5-2-6-14-40)38-32-48-26-22-44(54-48)18-10-8-16-42-20-24-46(52-42)30-36-49/h1-6,11-14,19-26H,27-38H2. The second-order valence-corrected chi connectivity index (χ2v) is 17.9. The average molecular weight is 775 g/mol. The lowest BCUT2D eigenvalue weighted by molar-refractivity contribution is 0.285. The predicted octanol–water partition coefficient (Wildman–Crippen LogP) is 9.71. The van der Waals surface area contributed by atoms with Crippen molar-refractivity contribution in [1.29, 1.82) is 0 Å². The number of benzene rings is 2. The van der Waals surface area contributed by atoms with Gasteiger partial charge in [0.2, 0.25) is 0 Å². The van der Waals surface area contributed by atoms with Crippen molar-refractivity contribution in [2.75, 3.05) is 39.3 Å². The second kappa shape index (κ2) is 20.2. The van der Waals surface area contributed by atoms with Crippen LogP contribution in [0.5, 0.6) is 0 Å². The lowest BCUT2D eigenvalue weighted by Crippen LogP contribution is -2.30. The fourth-order valence-corrected chi connectivity index (χ4v) is 9.70. The normalized spacial score (nSPS) is 14.2. The van der Waals surface area contributed by atoms with E-state index in [0.29, 0.717) is 0 Å². The van der Waals surface area contributed by atoms with Crippen LogP contribution in [0, 0.1) is 47.4 Å². The molecule has 8 bridgehead atoms. The van der Waals surface area contributed by atoms with Crippen LogP contribution >= 0.6 is 45.3 Å². The van der Waals surface area contributed by atoms with Gasteiger partial charge in [0.05, 0.1) is 19.5 Å². The van der Waals surface area contributed by atoms with E-state index in [1.807, 2.05) is 0 Å². The maximum Gasteiger partial charge on any atom is 0.0781 e. The molecule has 0 aliphatic carbocycles. The van der Waals surface area contributed by atoms with E-state index in [1.54, 1.807) is 45.3 Å². The molecule has 0 unspecified atom stereocenters. The summed E-state index contributed by atoms with van der Waals surface area (Å²) in [7, 11) is 0. The van der Waals surface area contributed by atoms with Gasteiger partial charge in [0, 0.05) is 58.8 Å². The molecule has 0 spiro atoms. The Kier molecular flexibility index (Phi) is 14.1. The fraction of sp³-hybridized carbons (Fsp3) is 0.250. The van der Waals surface area contributed by atoms with Gasteiger partial charge in [-0.1, -0.05) is 60.7 Å². The molecule has 6 heteroatoms. The van der Waals surface area contributed by atoms with E-state index < -0.39 is 0 Å². The van der Waals surface area contributed by atoms with Crippen LogP contribution in [0.1, 0.15) is 50.1 Å². The van der Waals surface area contributed by atoms with Crippen molar-refractivity contribution in [2.24, 2.45) is 0 Å². The van der Waals surface area contributed by atoms with Crippen molar-refractivity contribution < 1.29 is 0 Å². The van der Waals surface area contributed by atoms with E-state index in [-0.39, 0.29) is 0 Å². The topological polar surface area (TPSA) is 6.48 Å². The number of rotatable bonds is 6. The Labute approximate surface area is 337 Å². The van der Waals surface area contributed by atoms with Crippen molar-refractivity contribution in [3.63, 3.8) is 0 Å².